The van der Waals surface area contributed by atoms with Gasteiger partial charge in [-0.15, -0.1) is 0 Å². The second-order valence-electron chi connectivity index (χ2n) is 7.78. The van der Waals surface area contributed by atoms with E-state index in [1.807, 2.05) is 0 Å². The van der Waals surface area contributed by atoms with Crippen LogP contribution in [0.4, 0.5) is 0 Å². The predicted octanol–water partition coefficient (Wildman–Crippen LogP) is 5.27. The molecule has 124 valence electrons. The molecule has 0 amide bonds. The first kappa shape index (κ1) is 15.7. The van der Waals surface area contributed by atoms with Gasteiger partial charge < -0.3 is 0 Å². The van der Waals surface area contributed by atoms with Crippen LogP contribution in [0.25, 0.3) is 6.08 Å². The van der Waals surface area contributed by atoms with Crippen LogP contribution in [0, 0.1) is 5.41 Å². The van der Waals surface area contributed by atoms with E-state index in [1.54, 1.807) is 11.1 Å². The Bertz CT molecular complexity index is 746. The van der Waals surface area contributed by atoms with Crippen LogP contribution in [0.3, 0.4) is 0 Å². The van der Waals surface area contributed by atoms with Crippen molar-refractivity contribution in [2.75, 3.05) is 13.1 Å². The SMILES string of the molecule is C/C=C\c1cccc2c1CCC1(C)CN(Cc3ccccc3)CC21. The first-order valence-electron chi connectivity index (χ1n) is 9.20. The van der Waals surface area contributed by atoms with Crippen molar-refractivity contribution in [3.05, 3.63) is 76.9 Å². The van der Waals surface area contributed by atoms with E-state index in [0.29, 0.717) is 11.3 Å². The number of likely N-dealkylation sites (tertiary alicyclic amines) is 1. The van der Waals surface area contributed by atoms with E-state index in [4.69, 9.17) is 0 Å². The van der Waals surface area contributed by atoms with Gasteiger partial charge in [-0.05, 0) is 47.4 Å². The van der Waals surface area contributed by atoms with Crippen molar-refractivity contribution in [1.82, 2.24) is 4.90 Å². The first-order chi connectivity index (χ1) is 11.7. The maximum absolute atomic E-state index is 2.66. The Hall–Kier alpha value is -1.86. The predicted molar refractivity (Wildman–Crippen MR) is 102 cm³/mol. The molecule has 1 heteroatoms. The highest BCUT2D eigenvalue weighted by Crippen LogP contribution is 2.51. The summed E-state index contributed by atoms with van der Waals surface area (Å²) < 4.78 is 0. The average molecular weight is 317 g/mol. The van der Waals surface area contributed by atoms with E-state index in [9.17, 15) is 0 Å². The van der Waals surface area contributed by atoms with Crippen molar-refractivity contribution in [2.24, 2.45) is 5.41 Å². The molecule has 2 aromatic rings. The monoisotopic (exact) mass is 317 g/mol. The number of allylic oxidation sites excluding steroid dienone is 1. The Morgan fingerprint density at radius 2 is 1.96 bits per heavy atom. The van der Waals surface area contributed by atoms with Gasteiger partial charge >= 0.3 is 0 Å². The molecule has 0 N–H and O–H groups in total. The van der Waals surface area contributed by atoms with Gasteiger partial charge in [0.25, 0.3) is 0 Å². The summed E-state index contributed by atoms with van der Waals surface area (Å²) in [5, 5.41) is 0. The van der Waals surface area contributed by atoms with Crippen LogP contribution in [-0.4, -0.2) is 18.0 Å². The van der Waals surface area contributed by atoms with Gasteiger partial charge in [0.05, 0.1) is 0 Å². The topological polar surface area (TPSA) is 3.24 Å². The number of fused-ring (bicyclic) bond motifs is 3. The van der Waals surface area contributed by atoms with Crippen molar-refractivity contribution in [3.63, 3.8) is 0 Å². The van der Waals surface area contributed by atoms with Gasteiger partial charge in [0.1, 0.15) is 0 Å². The molecule has 0 bridgehead atoms. The maximum Gasteiger partial charge on any atom is 0.0234 e. The third-order valence-electron chi connectivity index (χ3n) is 6.03. The van der Waals surface area contributed by atoms with Crippen molar-refractivity contribution in [3.8, 4) is 0 Å². The molecule has 2 unspecified atom stereocenters. The highest BCUT2D eigenvalue weighted by Gasteiger charge is 2.46. The Labute approximate surface area is 146 Å². The van der Waals surface area contributed by atoms with Crippen LogP contribution < -0.4 is 0 Å². The summed E-state index contributed by atoms with van der Waals surface area (Å²) in [4.78, 5) is 2.66. The third kappa shape index (κ3) is 2.71. The number of hydrogen-bond acceptors (Lipinski definition) is 1. The van der Waals surface area contributed by atoms with Gasteiger partial charge in [-0.25, -0.2) is 0 Å². The number of rotatable bonds is 3. The average Bonchev–Trinajstić information content (AvgIpc) is 2.93. The zero-order chi connectivity index (χ0) is 16.6. The fourth-order valence-corrected chi connectivity index (χ4v) is 4.84. The summed E-state index contributed by atoms with van der Waals surface area (Å²) in [7, 11) is 0. The lowest BCUT2D eigenvalue weighted by molar-refractivity contribution is 0.240. The summed E-state index contributed by atoms with van der Waals surface area (Å²) in [6.45, 7) is 8.12. The molecule has 1 aliphatic carbocycles. The highest BCUT2D eigenvalue weighted by atomic mass is 15.2. The molecule has 2 aromatic carbocycles. The van der Waals surface area contributed by atoms with Crippen LogP contribution in [0.2, 0.25) is 0 Å². The molecule has 0 aromatic heterocycles. The largest absolute Gasteiger partial charge is 0.298 e. The molecule has 2 atom stereocenters. The minimum absolute atomic E-state index is 0.427. The van der Waals surface area contributed by atoms with E-state index >= 15 is 0 Å². The van der Waals surface area contributed by atoms with E-state index < -0.39 is 0 Å². The lowest BCUT2D eigenvalue weighted by atomic mass is 9.66. The number of hydrogen-bond donors (Lipinski definition) is 0. The smallest absolute Gasteiger partial charge is 0.0234 e. The zero-order valence-corrected chi connectivity index (χ0v) is 14.8. The minimum atomic E-state index is 0.427. The molecule has 4 rings (SSSR count). The molecule has 24 heavy (non-hydrogen) atoms. The molecule has 0 saturated carbocycles. The molecule has 1 saturated heterocycles. The van der Waals surface area contributed by atoms with Gasteiger partial charge in [-0.2, -0.15) is 0 Å². The Kier molecular flexibility index (Phi) is 4.05. The van der Waals surface area contributed by atoms with E-state index in [1.165, 1.54) is 37.1 Å². The fourth-order valence-electron chi connectivity index (χ4n) is 4.84. The van der Waals surface area contributed by atoms with Crippen molar-refractivity contribution >= 4 is 6.08 Å². The van der Waals surface area contributed by atoms with Crippen LogP contribution in [0.15, 0.2) is 54.6 Å². The van der Waals surface area contributed by atoms with E-state index in [-0.39, 0.29) is 0 Å². The number of nitrogens with zero attached hydrogens (tertiary/aromatic N) is 1. The van der Waals surface area contributed by atoms with Crippen LogP contribution in [-0.2, 0) is 13.0 Å². The van der Waals surface area contributed by atoms with E-state index in [2.05, 4.69) is 79.4 Å². The highest BCUT2D eigenvalue weighted by molar-refractivity contribution is 5.57. The second kappa shape index (κ2) is 6.22. The van der Waals surface area contributed by atoms with E-state index in [0.717, 1.165) is 6.54 Å². The van der Waals surface area contributed by atoms with Gasteiger partial charge in [-0.3, -0.25) is 4.90 Å². The van der Waals surface area contributed by atoms with Gasteiger partial charge in [0.2, 0.25) is 0 Å². The van der Waals surface area contributed by atoms with Crippen LogP contribution in [0.1, 0.15) is 48.4 Å². The molecule has 1 heterocycles. The molecule has 2 aliphatic rings. The van der Waals surface area contributed by atoms with Gasteiger partial charge in [-0.1, -0.05) is 67.6 Å². The maximum atomic E-state index is 2.66. The molecular weight excluding hydrogens is 290 g/mol. The summed E-state index contributed by atoms with van der Waals surface area (Å²) >= 11 is 0. The molecule has 1 fully saturated rings. The number of benzene rings is 2. The molecule has 1 nitrogen and oxygen atoms in total. The Morgan fingerprint density at radius 1 is 1.12 bits per heavy atom. The molecule has 1 aliphatic heterocycles. The molecule has 0 spiro atoms. The quantitative estimate of drug-likeness (QED) is 0.745. The minimum Gasteiger partial charge on any atom is -0.298 e. The molecule has 0 radical (unpaired) electrons. The summed E-state index contributed by atoms with van der Waals surface area (Å²) in [6.07, 6.45) is 6.98. The van der Waals surface area contributed by atoms with Crippen molar-refractivity contribution in [2.45, 2.75) is 39.2 Å². The molecular formula is C23H27N. The van der Waals surface area contributed by atoms with Crippen molar-refractivity contribution < 1.29 is 0 Å². The Morgan fingerprint density at radius 3 is 2.75 bits per heavy atom. The zero-order valence-electron chi connectivity index (χ0n) is 14.8. The van der Waals surface area contributed by atoms with Crippen LogP contribution in [0.5, 0.6) is 0 Å². The summed E-state index contributed by atoms with van der Waals surface area (Å²) in [5.41, 5.74) is 6.49. The Balaban J connectivity index is 1.62. The lowest BCUT2D eigenvalue weighted by Crippen LogP contribution is -2.31. The summed E-state index contributed by atoms with van der Waals surface area (Å²) in [6, 6.07) is 17.8. The second-order valence-corrected chi connectivity index (χ2v) is 7.78. The van der Waals surface area contributed by atoms with Crippen LogP contribution >= 0.6 is 0 Å². The fraction of sp³-hybridized carbons (Fsp3) is 0.391. The van der Waals surface area contributed by atoms with Gasteiger partial charge in [0.15, 0.2) is 0 Å². The third-order valence-corrected chi connectivity index (χ3v) is 6.03. The first-order valence-corrected chi connectivity index (χ1v) is 9.20. The standard InChI is InChI=1S/C23H27N/c1-3-8-19-11-7-12-21-20(19)13-14-23(2)17-24(16-22(21)23)15-18-9-5-4-6-10-18/h3-12,22H,13-17H2,1-2H3/b8-3-. The normalized spacial score (nSPS) is 26.5. The lowest BCUT2D eigenvalue weighted by Gasteiger charge is -2.37. The summed E-state index contributed by atoms with van der Waals surface area (Å²) in [5.74, 6) is 0.676. The van der Waals surface area contributed by atoms with Gasteiger partial charge in [0, 0.05) is 25.6 Å². The van der Waals surface area contributed by atoms with Crippen molar-refractivity contribution in [1.29, 1.82) is 0 Å².